The molecule has 29 heavy (non-hydrogen) atoms. The SMILES string of the molecule is COc1cccc(/C([O-])=C2\C(=O)C(=O)N(CCC[NH+](C)C)C2c2ccccc2)c1. The molecule has 1 aliphatic heterocycles. The molecule has 152 valence electrons. The second-order valence-electron chi connectivity index (χ2n) is 7.43. The van der Waals surface area contributed by atoms with Gasteiger partial charge in [-0.1, -0.05) is 48.2 Å². The zero-order valence-electron chi connectivity index (χ0n) is 17.0. The lowest BCUT2D eigenvalue weighted by atomic mass is 9.95. The van der Waals surface area contributed by atoms with Crippen molar-refractivity contribution < 1.29 is 24.3 Å². The molecule has 6 nitrogen and oxygen atoms in total. The van der Waals surface area contributed by atoms with Crippen molar-refractivity contribution in [2.24, 2.45) is 0 Å². The van der Waals surface area contributed by atoms with Gasteiger partial charge in [0, 0.05) is 18.5 Å². The van der Waals surface area contributed by atoms with Crippen LogP contribution in [0.5, 0.6) is 5.75 Å². The molecular weight excluding hydrogens is 368 g/mol. The summed E-state index contributed by atoms with van der Waals surface area (Å²) in [5.74, 6) is -1.24. The van der Waals surface area contributed by atoms with Crippen molar-refractivity contribution in [2.45, 2.75) is 12.5 Å². The van der Waals surface area contributed by atoms with Crippen molar-refractivity contribution in [3.63, 3.8) is 0 Å². The van der Waals surface area contributed by atoms with E-state index in [9.17, 15) is 14.7 Å². The van der Waals surface area contributed by atoms with Gasteiger partial charge in [-0.2, -0.15) is 0 Å². The lowest BCUT2D eigenvalue weighted by Crippen LogP contribution is -3.05. The number of Topliss-reactive ketones (excluding diaryl/α,β-unsaturated/α-hetero) is 1. The van der Waals surface area contributed by atoms with E-state index in [1.807, 2.05) is 44.4 Å². The summed E-state index contributed by atoms with van der Waals surface area (Å²) in [6.07, 6.45) is 0.741. The fraction of sp³-hybridized carbons (Fsp3) is 0.304. The first kappa shape index (κ1) is 20.6. The molecule has 0 aromatic heterocycles. The number of benzene rings is 2. The summed E-state index contributed by atoms with van der Waals surface area (Å²) in [5.41, 5.74) is 1.10. The van der Waals surface area contributed by atoms with Gasteiger partial charge in [0.05, 0.1) is 33.8 Å². The molecule has 1 unspecified atom stereocenters. The zero-order valence-corrected chi connectivity index (χ0v) is 17.0. The van der Waals surface area contributed by atoms with Gasteiger partial charge in [-0.15, -0.1) is 0 Å². The number of carbonyl (C=O) groups excluding carboxylic acids is 2. The quantitative estimate of drug-likeness (QED) is 0.421. The molecule has 0 saturated carbocycles. The van der Waals surface area contributed by atoms with Crippen molar-refractivity contribution in [1.82, 2.24) is 4.90 Å². The second kappa shape index (κ2) is 8.92. The van der Waals surface area contributed by atoms with Crippen LogP contribution in [0.2, 0.25) is 0 Å². The van der Waals surface area contributed by atoms with Crippen molar-refractivity contribution >= 4 is 17.4 Å². The molecular formula is C23H26N2O4. The third-order valence-electron chi connectivity index (χ3n) is 5.05. The summed E-state index contributed by atoms with van der Waals surface area (Å²) in [4.78, 5) is 28.5. The molecule has 1 aliphatic rings. The maximum absolute atomic E-state index is 13.3. The largest absolute Gasteiger partial charge is 0.872 e. The number of hydrogen-bond donors (Lipinski definition) is 1. The molecule has 3 rings (SSSR count). The van der Waals surface area contributed by atoms with E-state index in [2.05, 4.69) is 0 Å². The van der Waals surface area contributed by atoms with Crippen molar-refractivity contribution in [1.29, 1.82) is 0 Å². The van der Waals surface area contributed by atoms with Crippen LogP contribution in [0.1, 0.15) is 23.6 Å². The molecule has 0 aliphatic carbocycles. The molecule has 1 heterocycles. The van der Waals surface area contributed by atoms with Crippen LogP contribution >= 0.6 is 0 Å². The van der Waals surface area contributed by atoms with Gasteiger partial charge < -0.3 is 19.6 Å². The number of nitrogens with zero attached hydrogens (tertiary/aromatic N) is 1. The third-order valence-corrected chi connectivity index (χ3v) is 5.05. The van der Waals surface area contributed by atoms with Crippen LogP contribution in [0.4, 0.5) is 0 Å². The highest BCUT2D eigenvalue weighted by Crippen LogP contribution is 2.38. The molecule has 1 N–H and O–H groups in total. The minimum absolute atomic E-state index is 0.00616. The number of methoxy groups -OCH3 is 1. The summed E-state index contributed by atoms with van der Waals surface area (Å²) < 4.78 is 5.20. The van der Waals surface area contributed by atoms with Gasteiger partial charge in [-0.3, -0.25) is 9.59 Å². The molecule has 1 atom stereocenters. The predicted octanol–water partition coefficient (Wildman–Crippen LogP) is 0.454. The topological polar surface area (TPSA) is 74.1 Å². The average Bonchev–Trinajstić information content (AvgIpc) is 2.98. The molecule has 6 heteroatoms. The number of ketones is 1. The first-order valence-electron chi connectivity index (χ1n) is 9.69. The lowest BCUT2D eigenvalue weighted by molar-refractivity contribution is -0.858. The number of likely N-dealkylation sites (tertiary alicyclic amines) is 1. The summed E-state index contributed by atoms with van der Waals surface area (Å²) in [7, 11) is 5.59. The van der Waals surface area contributed by atoms with Gasteiger partial charge >= 0.3 is 0 Å². The van der Waals surface area contributed by atoms with Gasteiger partial charge in [-0.25, -0.2) is 0 Å². The van der Waals surface area contributed by atoms with E-state index in [1.165, 1.54) is 16.9 Å². The van der Waals surface area contributed by atoms with E-state index in [-0.39, 0.29) is 5.57 Å². The highest BCUT2D eigenvalue weighted by atomic mass is 16.5. The van der Waals surface area contributed by atoms with Crippen LogP contribution in [0, 0.1) is 0 Å². The van der Waals surface area contributed by atoms with Crippen LogP contribution in [-0.2, 0) is 9.59 Å². The molecule has 1 amide bonds. The first-order valence-corrected chi connectivity index (χ1v) is 9.69. The fourth-order valence-corrected chi connectivity index (χ4v) is 3.61. The Morgan fingerprint density at radius 1 is 1.10 bits per heavy atom. The fourth-order valence-electron chi connectivity index (χ4n) is 3.61. The van der Waals surface area contributed by atoms with Crippen molar-refractivity contribution in [3.05, 3.63) is 71.3 Å². The van der Waals surface area contributed by atoms with Gasteiger partial charge in [0.15, 0.2) is 0 Å². The van der Waals surface area contributed by atoms with Crippen LogP contribution < -0.4 is 14.7 Å². The minimum atomic E-state index is -0.719. The van der Waals surface area contributed by atoms with E-state index >= 15 is 0 Å². The van der Waals surface area contributed by atoms with Crippen LogP contribution in [0.25, 0.3) is 5.76 Å². The number of amides is 1. The second-order valence-corrected chi connectivity index (χ2v) is 7.43. The monoisotopic (exact) mass is 394 g/mol. The Balaban J connectivity index is 2.07. The standard InChI is InChI=1S/C23H26N2O4/c1-24(2)13-8-14-25-20(16-9-5-4-6-10-16)19(22(27)23(25)28)21(26)17-11-7-12-18(15-17)29-3/h4-7,9-12,15,20,26H,8,13-14H2,1-3H3/b21-19+. The maximum atomic E-state index is 13.3. The smallest absolute Gasteiger partial charge is 0.295 e. The maximum Gasteiger partial charge on any atom is 0.295 e. The number of carbonyl (C=O) groups is 2. The Morgan fingerprint density at radius 3 is 2.48 bits per heavy atom. The lowest BCUT2D eigenvalue weighted by Gasteiger charge is -2.27. The van der Waals surface area contributed by atoms with Gasteiger partial charge in [-0.05, 0) is 23.3 Å². The molecule has 2 aromatic rings. The Kier molecular flexibility index (Phi) is 6.34. The molecule has 0 radical (unpaired) electrons. The summed E-state index contributed by atoms with van der Waals surface area (Å²) in [6.45, 7) is 1.28. The van der Waals surface area contributed by atoms with Gasteiger partial charge in [0.2, 0.25) is 5.78 Å². The highest BCUT2D eigenvalue weighted by molar-refractivity contribution is 6.46. The van der Waals surface area contributed by atoms with Crippen molar-refractivity contribution in [3.8, 4) is 5.75 Å². The van der Waals surface area contributed by atoms with Gasteiger partial charge in [0.25, 0.3) is 5.91 Å². The Morgan fingerprint density at radius 2 is 1.83 bits per heavy atom. The first-order chi connectivity index (χ1) is 13.9. The minimum Gasteiger partial charge on any atom is -0.872 e. The highest BCUT2D eigenvalue weighted by Gasteiger charge is 2.43. The Labute approximate surface area is 171 Å². The van der Waals surface area contributed by atoms with Crippen LogP contribution in [0.3, 0.4) is 0 Å². The molecule has 1 fully saturated rings. The van der Waals surface area contributed by atoms with Crippen molar-refractivity contribution in [2.75, 3.05) is 34.3 Å². The molecule has 0 bridgehead atoms. The predicted molar refractivity (Wildman–Crippen MR) is 108 cm³/mol. The summed E-state index contributed by atoms with van der Waals surface area (Å²) in [6, 6.07) is 15.2. The summed E-state index contributed by atoms with van der Waals surface area (Å²) >= 11 is 0. The number of quaternary nitrogens is 1. The number of nitrogens with one attached hydrogen (secondary N) is 1. The number of hydrogen-bond acceptors (Lipinski definition) is 4. The van der Waals surface area contributed by atoms with Crippen LogP contribution in [0.15, 0.2) is 60.2 Å². The Bertz CT molecular complexity index is 921. The molecule has 2 aromatic carbocycles. The molecule has 1 saturated heterocycles. The van der Waals surface area contributed by atoms with E-state index in [0.29, 0.717) is 17.9 Å². The zero-order chi connectivity index (χ0) is 21.0. The Hall–Kier alpha value is -3.12. The van der Waals surface area contributed by atoms with E-state index in [0.717, 1.165) is 18.5 Å². The normalized spacial score (nSPS) is 18.5. The number of ether oxygens (including phenoxy) is 1. The number of rotatable bonds is 7. The third kappa shape index (κ3) is 4.32. The van der Waals surface area contributed by atoms with E-state index in [1.54, 1.807) is 24.3 Å². The average molecular weight is 394 g/mol. The van der Waals surface area contributed by atoms with Crippen LogP contribution in [-0.4, -0.2) is 50.9 Å². The van der Waals surface area contributed by atoms with Gasteiger partial charge in [0.1, 0.15) is 5.75 Å². The summed E-state index contributed by atoms with van der Waals surface area (Å²) in [5, 5.41) is 13.3. The van der Waals surface area contributed by atoms with E-state index < -0.39 is 23.5 Å². The molecule has 0 spiro atoms. The van der Waals surface area contributed by atoms with E-state index in [4.69, 9.17) is 4.74 Å².